The van der Waals surface area contributed by atoms with Crippen LogP contribution in [0.25, 0.3) is 0 Å². The molecule has 7 heteroatoms. The molecule has 3 amide bonds. The second-order valence-corrected chi connectivity index (χ2v) is 12.0. The molecule has 0 saturated carbocycles. The van der Waals surface area contributed by atoms with Gasteiger partial charge >= 0.3 is 0 Å². The Morgan fingerprint density at radius 2 is 1.69 bits per heavy atom. The molecule has 0 spiro atoms. The Bertz CT molecular complexity index is 979. The topological polar surface area (TPSA) is 86.8 Å². The molecule has 1 N–H and O–H groups in total. The van der Waals surface area contributed by atoms with Crippen LogP contribution >= 0.6 is 0 Å². The fourth-order valence-corrected chi connectivity index (χ4v) is 5.21. The van der Waals surface area contributed by atoms with Gasteiger partial charge in [0.05, 0.1) is 12.6 Å². The lowest BCUT2D eigenvalue weighted by Crippen LogP contribution is -2.53. The number of benzene rings is 1. The first-order valence-electron chi connectivity index (χ1n) is 13.4. The Morgan fingerprint density at radius 3 is 2.25 bits per heavy atom. The van der Waals surface area contributed by atoms with Gasteiger partial charge < -0.3 is 15.1 Å². The molecule has 2 aliphatic heterocycles. The number of likely N-dealkylation sites (tertiary alicyclic amines) is 2. The van der Waals surface area contributed by atoms with Gasteiger partial charge in [0.2, 0.25) is 11.8 Å². The summed E-state index contributed by atoms with van der Waals surface area (Å²) >= 11 is 0. The molecule has 2 saturated heterocycles. The summed E-state index contributed by atoms with van der Waals surface area (Å²) in [5.74, 6) is -0.197. The number of carbonyl (C=O) groups is 4. The second-order valence-electron chi connectivity index (χ2n) is 12.0. The molecule has 1 aromatic carbocycles. The van der Waals surface area contributed by atoms with Crippen molar-refractivity contribution in [2.24, 2.45) is 11.8 Å². The second kappa shape index (κ2) is 11.1. The third-order valence-electron chi connectivity index (χ3n) is 7.57. The van der Waals surface area contributed by atoms with E-state index in [1.807, 2.05) is 39.8 Å². The van der Waals surface area contributed by atoms with Crippen LogP contribution in [0.15, 0.2) is 24.3 Å². The molecule has 2 aliphatic rings. The summed E-state index contributed by atoms with van der Waals surface area (Å²) in [6, 6.07) is 5.87. The van der Waals surface area contributed by atoms with Gasteiger partial charge in [0.15, 0.2) is 5.78 Å². The average molecular weight is 498 g/mol. The monoisotopic (exact) mass is 497 g/mol. The predicted molar refractivity (Wildman–Crippen MR) is 141 cm³/mol. The van der Waals surface area contributed by atoms with Crippen molar-refractivity contribution in [3.05, 3.63) is 35.4 Å². The number of nitrogens with zero attached hydrogens (tertiary/aromatic N) is 2. The molecule has 0 aromatic heterocycles. The highest BCUT2D eigenvalue weighted by atomic mass is 16.2. The minimum atomic E-state index is -0.726. The summed E-state index contributed by atoms with van der Waals surface area (Å²) in [4.78, 5) is 55.9. The number of hydrogen-bond acceptors (Lipinski definition) is 4. The third kappa shape index (κ3) is 6.16. The highest BCUT2D eigenvalue weighted by Gasteiger charge is 2.52. The van der Waals surface area contributed by atoms with Crippen LogP contribution in [-0.2, 0) is 19.8 Å². The van der Waals surface area contributed by atoms with Crippen LogP contribution < -0.4 is 5.32 Å². The maximum atomic E-state index is 13.7. The van der Waals surface area contributed by atoms with Gasteiger partial charge in [0.1, 0.15) is 12.1 Å². The minimum Gasteiger partial charge on any atom is -0.340 e. The fourth-order valence-electron chi connectivity index (χ4n) is 5.21. The van der Waals surface area contributed by atoms with E-state index >= 15 is 0 Å². The molecular weight excluding hydrogens is 454 g/mol. The van der Waals surface area contributed by atoms with Crippen LogP contribution in [0.2, 0.25) is 0 Å². The van der Waals surface area contributed by atoms with E-state index in [0.29, 0.717) is 31.4 Å². The van der Waals surface area contributed by atoms with Crippen molar-refractivity contribution in [2.45, 2.75) is 97.7 Å². The van der Waals surface area contributed by atoms with Gasteiger partial charge in [-0.15, -0.1) is 0 Å². The Hall–Kier alpha value is -2.70. The maximum absolute atomic E-state index is 13.7. The molecular formula is C29H43N3O4. The van der Waals surface area contributed by atoms with E-state index in [0.717, 1.165) is 12.0 Å². The van der Waals surface area contributed by atoms with Gasteiger partial charge in [-0.25, -0.2) is 0 Å². The van der Waals surface area contributed by atoms with Gasteiger partial charge in [-0.1, -0.05) is 67.0 Å². The molecule has 198 valence electrons. The Labute approximate surface area is 216 Å². The van der Waals surface area contributed by atoms with Crippen LogP contribution in [0, 0.1) is 11.8 Å². The van der Waals surface area contributed by atoms with Gasteiger partial charge in [0.25, 0.3) is 5.91 Å². The molecule has 4 unspecified atom stereocenters. The third-order valence-corrected chi connectivity index (χ3v) is 7.57. The molecule has 4 atom stereocenters. The van der Waals surface area contributed by atoms with Crippen LogP contribution in [0.5, 0.6) is 0 Å². The molecule has 2 heterocycles. The molecule has 0 bridgehead atoms. The largest absolute Gasteiger partial charge is 0.340 e. The Morgan fingerprint density at radius 1 is 1.06 bits per heavy atom. The highest BCUT2D eigenvalue weighted by Crippen LogP contribution is 2.32. The van der Waals surface area contributed by atoms with Crippen LogP contribution in [0.1, 0.15) is 90.1 Å². The number of rotatable bonds is 8. The molecule has 7 nitrogen and oxygen atoms in total. The van der Waals surface area contributed by atoms with Gasteiger partial charge in [0, 0.05) is 18.5 Å². The minimum absolute atomic E-state index is 0.00904. The van der Waals surface area contributed by atoms with E-state index in [2.05, 4.69) is 26.1 Å². The van der Waals surface area contributed by atoms with Crippen molar-refractivity contribution in [3.63, 3.8) is 0 Å². The molecule has 0 radical (unpaired) electrons. The number of amides is 3. The quantitative estimate of drug-likeness (QED) is 0.589. The van der Waals surface area contributed by atoms with Crippen molar-refractivity contribution >= 4 is 23.5 Å². The zero-order valence-electron chi connectivity index (χ0n) is 23.0. The summed E-state index contributed by atoms with van der Waals surface area (Å²) in [5.41, 5.74) is 1.61. The Kier molecular flexibility index (Phi) is 8.63. The van der Waals surface area contributed by atoms with E-state index in [-0.39, 0.29) is 53.3 Å². The number of Topliss-reactive ketones (excluding diaryl/α,β-unsaturated/α-hetero) is 1. The summed E-state index contributed by atoms with van der Waals surface area (Å²) < 4.78 is 0. The Balaban J connectivity index is 1.74. The van der Waals surface area contributed by atoms with Gasteiger partial charge in [-0.05, 0) is 47.8 Å². The number of hydrogen-bond donors (Lipinski definition) is 1. The zero-order chi connectivity index (χ0) is 26.8. The van der Waals surface area contributed by atoms with Crippen molar-refractivity contribution in [1.29, 1.82) is 0 Å². The number of ketones is 1. The first kappa shape index (κ1) is 27.9. The summed E-state index contributed by atoms with van der Waals surface area (Å²) in [6.45, 7) is 14.9. The van der Waals surface area contributed by atoms with E-state index in [1.54, 1.807) is 21.9 Å². The van der Waals surface area contributed by atoms with Gasteiger partial charge in [-0.3, -0.25) is 19.2 Å². The molecule has 1 aromatic rings. The van der Waals surface area contributed by atoms with Crippen LogP contribution in [0.4, 0.5) is 0 Å². The SMILES string of the molecule is CCC(C)CC(=O)N1CC(=O)C2C1CCN2C(=O)C(CC(C)C)NC(=O)c1ccc(C(C)(C)C)cc1. The first-order valence-corrected chi connectivity index (χ1v) is 13.4. The van der Waals surface area contributed by atoms with E-state index < -0.39 is 12.1 Å². The van der Waals surface area contributed by atoms with E-state index in [1.165, 1.54) is 0 Å². The number of carbonyl (C=O) groups excluding carboxylic acids is 4. The highest BCUT2D eigenvalue weighted by molar-refractivity contribution is 6.00. The summed E-state index contributed by atoms with van der Waals surface area (Å²) in [6.07, 6.45) is 2.39. The molecule has 3 rings (SSSR count). The molecule has 36 heavy (non-hydrogen) atoms. The predicted octanol–water partition coefficient (Wildman–Crippen LogP) is 3.95. The van der Waals surface area contributed by atoms with Crippen molar-refractivity contribution in [1.82, 2.24) is 15.1 Å². The van der Waals surface area contributed by atoms with Crippen molar-refractivity contribution in [2.75, 3.05) is 13.1 Å². The lowest BCUT2D eigenvalue weighted by Gasteiger charge is -2.29. The number of fused-ring (bicyclic) bond motifs is 1. The van der Waals surface area contributed by atoms with Crippen molar-refractivity contribution in [3.8, 4) is 0 Å². The number of nitrogens with one attached hydrogen (secondary N) is 1. The lowest BCUT2D eigenvalue weighted by atomic mass is 9.86. The summed E-state index contributed by atoms with van der Waals surface area (Å²) in [5, 5.41) is 2.94. The lowest BCUT2D eigenvalue weighted by molar-refractivity contribution is -0.138. The first-order chi connectivity index (χ1) is 16.8. The smallest absolute Gasteiger partial charge is 0.251 e. The average Bonchev–Trinajstić information content (AvgIpc) is 3.38. The molecule has 2 fully saturated rings. The van der Waals surface area contributed by atoms with E-state index in [9.17, 15) is 19.2 Å². The standard InChI is InChI=1S/C29H43N3O4/c1-8-19(4)16-25(34)32-17-24(33)26-23(32)13-14-31(26)28(36)22(15-18(2)3)30-27(35)20-9-11-21(12-10-20)29(5,6)7/h9-12,18-19,22-23,26H,8,13-17H2,1-7H3,(H,30,35). The zero-order valence-corrected chi connectivity index (χ0v) is 23.0. The summed E-state index contributed by atoms with van der Waals surface area (Å²) in [7, 11) is 0. The van der Waals surface area contributed by atoms with E-state index in [4.69, 9.17) is 0 Å². The fraction of sp³-hybridized carbons (Fsp3) is 0.655. The van der Waals surface area contributed by atoms with Crippen molar-refractivity contribution < 1.29 is 19.2 Å². The normalized spacial score (nSPS) is 21.5. The van der Waals surface area contributed by atoms with Crippen LogP contribution in [-0.4, -0.2) is 64.5 Å². The van der Waals surface area contributed by atoms with Gasteiger partial charge in [-0.2, -0.15) is 0 Å². The molecule has 0 aliphatic carbocycles. The maximum Gasteiger partial charge on any atom is 0.251 e. The van der Waals surface area contributed by atoms with Crippen LogP contribution in [0.3, 0.4) is 0 Å².